The third-order valence-electron chi connectivity index (χ3n) is 3.36. The molecule has 1 N–H and O–H groups in total. The molecule has 0 bridgehead atoms. The summed E-state index contributed by atoms with van der Waals surface area (Å²) in [7, 11) is 2.05. The third kappa shape index (κ3) is 3.34. The standard InChI is InChI=1S/C15H20N2O2/c1-17-8-4-5-14(16)13-7-6-12(11-15(13)17)19-10-3-2-9-18/h6-7,9,11,16H,2-5,8,10H2,1H3. The minimum absolute atomic E-state index is 0.537. The molecule has 2 rings (SSSR count). The maximum Gasteiger partial charge on any atom is 0.121 e. The van der Waals surface area contributed by atoms with Crippen LogP contribution < -0.4 is 9.64 Å². The molecule has 0 aromatic heterocycles. The Bertz CT molecular complexity index is 471. The predicted molar refractivity (Wildman–Crippen MR) is 76.6 cm³/mol. The zero-order chi connectivity index (χ0) is 13.7. The summed E-state index contributed by atoms with van der Waals surface area (Å²) in [5.74, 6) is 0.811. The Labute approximate surface area is 113 Å². The number of hydrogen-bond donors (Lipinski definition) is 1. The van der Waals surface area contributed by atoms with Gasteiger partial charge in [0.15, 0.2) is 0 Å². The fraction of sp³-hybridized carbons (Fsp3) is 0.467. The molecule has 0 spiro atoms. The third-order valence-corrected chi connectivity index (χ3v) is 3.36. The van der Waals surface area contributed by atoms with Crippen molar-refractivity contribution in [3.05, 3.63) is 23.8 Å². The van der Waals surface area contributed by atoms with Crippen LogP contribution in [0.4, 0.5) is 5.69 Å². The number of nitrogens with one attached hydrogen (secondary N) is 1. The normalized spacial score (nSPS) is 14.8. The van der Waals surface area contributed by atoms with Crippen LogP contribution >= 0.6 is 0 Å². The summed E-state index contributed by atoms with van der Waals surface area (Å²) >= 11 is 0. The second-order valence-electron chi connectivity index (χ2n) is 4.84. The van der Waals surface area contributed by atoms with Crippen LogP contribution in [0.3, 0.4) is 0 Å². The molecule has 4 nitrogen and oxygen atoms in total. The van der Waals surface area contributed by atoms with E-state index in [1.165, 1.54) is 0 Å². The number of carbonyl (C=O) groups excluding carboxylic acids is 1. The van der Waals surface area contributed by atoms with Gasteiger partial charge in [0.05, 0.1) is 6.61 Å². The lowest BCUT2D eigenvalue weighted by Gasteiger charge is -2.20. The fourth-order valence-corrected chi connectivity index (χ4v) is 2.28. The van der Waals surface area contributed by atoms with E-state index in [0.29, 0.717) is 18.7 Å². The molecule has 0 fully saturated rings. The van der Waals surface area contributed by atoms with Crippen LogP contribution in [0, 0.1) is 5.41 Å². The van der Waals surface area contributed by atoms with Crippen molar-refractivity contribution < 1.29 is 9.53 Å². The molecule has 0 aliphatic carbocycles. The maximum absolute atomic E-state index is 10.2. The highest BCUT2D eigenvalue weighted by Crippen LogP contribution is 2.29. The molecular formula is C15H20N2O2. The van der Waals surface area contributed by atoms with Gasteiger partial charge in [0.1, 0.15) is 12.0 Å². The van der Waals surface area contributed by atoms with Crippen molar-refractivity contribution in [1.29, 1.82) is 5.41 Å². The minimum Gasteiger partial charge on any atom is -0.494 e. The van der Waals surface area contributed by atoms with Crippen LogP contribution in [-0.2, 0) is 4.79 Å². The molecular weight excluding hydrogens is 240 g/mol. The van der Waals surface area contributed by atoms with Gasteiger partial charge < -0.3 is 19.8 Å². The summed E-state index contributed by atoms with van der Waals surface area (Å²) in [5.41, 5.74) is 2.77. The lowest BCUT2D eigenvalue weighted by molar-refractivity contribution is -0.108. The van der Waals surface area contributed by atoms with Crippen LogP contribution in [0.25, 0.3) is 0 Å². The van der Waals surface area contributed by atoms with Gasteiger partial charge in [-0.3, -0.25) is 0 Å². The molecule has 0 saturated heterocycles. The van der Waals surface area contributed by atoms with Crippen molar-refractivity contribution in [3.63, 3.8) is 0 Å². The minimum atomic E-state index is 0.537. The van der Waals surface area contributed by atoms with E-state index in [1.54, 1.807) is 0 Å². The smallest absolute Gasteiger partial charge is 0.121 e. The molecule has 19 heavy (non-hydrogen) atoms. The van der Waals surface area contributed by atoms with E-state index in [-0.39, 0.29) is 0 Å². The molecule has 1 aromatic carbocycles. The number of hydrogen-bond acceptors (Lipinski definition) is 4. The Morgan fingerprint density at radius 1 is 1.47 bits per heavy atom. The van der Waals surface area contributed by atoms with E-state index in [9.17, 15) is 4.79 Å². The zero-order valence-electron chi connectivity index (χ0n) is 11.3. The maximum atomic E-state index is 10.2. The van der Waals surface area contributed by atoms with Crippen LogP contribution in [-0.4, -0.2) is 32.2 Å². The second-order valence-corrected chi connectivity index (χ2v) is 4.84. The Morgan fingerprint density at radius 3 is 3.11 bits per heavy atom. The number of rotatable bonds is 5. The second kappa shape index (κ2) is 6.36. The monoisotopic (exact) mass is 260 g/mol. The quantitative estimate of drug-likeness (QED) is 0.654. The SMILES string of the molecule is CN1CCCC(=N)c2ccc(OCCCC=O)cc21. The molecule has 1 aliphatic heterocycles. The van der Waals surface area contributed by atoms with Gasteiger partial charge in [-0.05, 0) is 31.4 Å². The molecule has 102 valence electrons. The number of carbonyl (C=O) groups is 1. The summed E-state index contributed by atoms with van der Waals surface area (Å²) in [4.78, 5) is 12.4. The van der Waals surface area contributed by atoms with Gasteiger partial charge in [-0.15, -0.1) is 0 Å². The van der Waals surface area contributed by atoms with E-state index < -0.39 is 0 Å². The molecule has 0 unspecified atom stereocenters. The summed E-state index contributed by atoms with van der Waals surface area (Å²) in [5, 5.41) is 8.06. The highest BCUT2D eigenvalue weighted by atomic mass is 16.5. The van der Waals surface area contributed by atoms with Crippen LogP contribution in [0.1, 0.15) is 31.2 Å². The van der Waals surface area contributed by atoms with Gasteiger partial charge in [-0.2, -0.15) is 0 Å². The number of unbranched alkanes of at least 4 members (excludes halogenated alkanes) is 1. The first-order valence-electron chi connectivity index (χ1n) is 6.72. The van der Waals surface area contributed by atoms with Gasteiger partial charge in [0.2, 0.25) is 0 Å². The first kappa shape index (κ1) is 13.6. The summed E-state index contributed by atoms with van der Waals surface area (Å²) in [6.07, 6.45) is 4.04. The van der Waals surface area contributed by atoms with E-state index >= 15 is 0 Å². The Morgan fingerprint density at radius 2 is 2.32 bits per heavy atom. The van der Waals surface area contributed by atoms with Crippen molar-refractivity contribution in [3.8, 4) is 5.75 Å². The molecule has 4 heteroatoms. The molecule has 0 radical (unpaired) electrons. The number of benzene rings is 1. The van der Waals surface area contributed by atoms with Crippen molar-refractivity contribution in [2.24, 2.45) is 0 Å². The Kier molecular flexibility index (Phi) is 4.55. The number of aldehydes is 1. The highest BCUT2D eigenvalue weighted by Gasteiger charge is 2.16. The van der Waals surface area contributed by atoms with Gasteiger partial charge >= 0.3 is 0 Å². The summed E-state index contributed by atoms with van der Waals surface area (Å²) < 4.78 is 5.64. The van der Waals surface area contributed by atoms with E-state index in [0.717, 1.165) is 49.1 Å². The first-order valence-corrected chi connectivity index (χ1v) is 6.72. The first-order chi connectivity index (χ1) is 9.22. The number of fused-ring (bicyclic) bond motifs is 1. The van der Waals surface area contributed by atoms with Crippen molar-refractivity contribution in [2.45, 2.75) is 25.7 Å². The van der Waals surface area contributed by atoms with Crippen LogP contribution in [0.5, 0.6) is 5.75 Å². The number of anilines is 1. The average Bonchev–Trinajstić information content (AvgIpc) is 2.55. The van der Waals surface area contributed by atoms with E-state index in [1.807, 2.05) is 25.2 Å². The largest absolute Gasteiger partial charge is 0.494 e. The summed E-state index contributed by atoms with van der Waals surface area (Å²) in [6, 6.07) is 5.87. The van der Waals surface area contributed by atoms with Gasteiger partial charge in [0.25, 0.3) is 0 Å². The molecule has 1 heterocycles. The molecule has 0 atom stereocenters. The van der Waals surface area contributed by atoms with Gasteiger partial charge in [-0.25, -0.2) is 0 Å². The summed E-state index contributed by atoms with van der Waals surface area (Å²) in [6.45, 7) is 1.52. The highest BCUT2D eigenvalue weighted by molar-refractivity contribution is 6.03. The lowest BCUT2D eigenvalue weighted by atomic mass is 10.1. The van der Waals surface area contributed by atoms with Crippen molar-refractivity contribution in [1.82, 2.24) is 0 Å². The van der Waals surface area contributed by atoms with E-state index in [2.05, 4.69) is 4.90 Å². The number of nitrogens with zero attached hydrogens (tertiary/aromatic N) is 1. The van der Waals surface area contributed by atoms with E-state index in [4.69, 9.17) is 10.1 Å². The fourth-order valence-electron chi connectivity index (χ4n) is 2.28. The van der Waals surface area contributed by atoms with Crippen LogP contribution in [0.15, 0.2) is 18.2 Å². The number of ether oxygens (including phenoxy) is 1. The zero-order valence-corrected chi connectivity index (χ0v) is 11.3. The molecule has 1 aromatic rings. The lowest BCUT2D eigenvalue weighted by Crippen LogP contribution is -2.17. The van der Waals surface area contributed by atoms with Crippen LogP contribution in [0.2, 0.25) is 0 Å². The average molecular weight is 260 g/mol. The topological polar surface area (TPSA) is 53.4 Å². The Balaban J connectivity index is 2.12. The molecule has 0 amide bonds. The molecule has 0 saturated carbocycles. The van der Waals surface area contributed by atoms with Crippen molar-refractivity contribution >= 4 is 17.7 Å². The molecule has 1 aliphatic rings. The van der Waals surface area contributed by atoms with Crippen molar-refractivity contribution in [2.75, 3.05) is 25.1 Å². The Hall–Kier alpha value is -1.84. The van der Waals surface area contributed by atoms with Gasteiger partial charge in [-0.1, -0.05) is 0 Å². The predicted octanol–water partition coefficient (Wildman–Crippen LogP) is 2.64. The van der Waals surface area contributed by atoms with Gasteiger partial charge in [0, 0.05) is 43.0 Å².